The standard InChI is InChI=1S/C27H23IN2O4S/c1-3-33-26(32)20-8-12-22(13-9-20)29-27-30(2)25(31)24(35-27)16-18-6-14-23(15-7-18)34-17-19-4-10-21(28)11-5-19/h4-16H,3,17H2,1-2H3. The first-order valence-corrected chi connectivity index (χ1v) is 12.8. The highest BCUT2D eigenvalue weighted by Gasteiger charge is 2.30. The van der Waals surface area contributed by atoms with Gasteiger partial charge in [0.15, 0.2) is 5.17 Å². The van der Waals surface area contributed by atoms with Crippen molar-refractivity contribution < 1.29 is 19.1 Å². The molecule has 1 aliphatic rings. The first-order valence-electron chi connectivity index (χ1n) is 10.9. The number of aliphatic imine (C=N–C) groups is 1. The Kier molecular flexibility index (Phi) is 8.25. The Morgan fingerprint density at radius 2 is 1.71 bits per heavy atom. The Labute approximate surface area is 222 Å². The van der Waals surface area contributed by atoms with Gasteiger partial charge in [0.1, 0.15) is 12.4 Å². The van der Waals surface area contributed by atoms with E-state index in [9.17, 15) is 9.59 Å². The Morgan fingerprint density at radius 3 is 2.37 bits per heavy atom. The monoisotopic (exact) mass is 598 g/mol. The van der Waals surface area contributed by atoms with Gasteiger partial charge in [0.05, 0.1) is 22.8 Å². The number of hydrogen-bond acceptors (Lipinski definition) is 6. The Bertz CT molecular complexity index is 1270. The van der Waals surface area contributed by atoms with Gasteiger partial charge < -0.3 is 9.47 Å². The van der Waals surface area contributed by atoms with Crippen molar-refractivity contribution in [2.75, 3.05) is 13.7 Å². The molecule has 0 unspecified atom stereocenters. The highest BCUT2D eigenvalue weighted by molar-refractivity contribution is 14.1. The predicted molar refractivity (Wildman–Crippen MR) is 148 cm³/mol. The van der Waals surface area contributed by atoms with E-state index >= 15 is 0 Å². The van der Waals surface area contributed by atoms with Crippen LogP contribution in [-0.2, 0) is 16.1 Å². The van der Waals surface area contributed by atoms with Gasteiger partial charge in [-0.1, -0.05) is 24.3 Å². The lowest BCUT2D eigenvalue weighted by molar-refractivity contribution is -0.121. The van der Waals surface area contributed by atoms with Crippen LogP contribution in [0.15, 0.2) is 82.7 Å². The summed E-state index contributed by atoms with van der Waals surface area (Å²) in [6.45, 7) is 2.59. The molecule has 0 saturated carbocycles. The fraction of sp³-hybridized carbons (Fsp3) is 0.148. The predicted octanol–water partition coefficient (Wildman–Crippen LogP) is 6.28. The minimum atomic E-state index is -0.370. The summed E-state index contributed by atoms with van der Waals surface area (Å²) < 4.78 is 12.1. The number of nitrogens with zero attached hydrogens (tertiary/aromatic N) is 2. The van der Waals surface area contributed by atoms with E-state index in [2.05, 4.69) is 39.7 Å². The number of hydrogen-bond donors (Lipinski definition) is 0. The second kappa shape index (κ2) is 11.5. The molecule has 0 atom stereocenters. The molecule has 0 spiro atoms. The third-order valence-electron chi connectivity index (χ3n) is 5.10. The minimum absolute atomic E-state index is 0.115. The van der Waals surface area contributed by atoms with Crippen LogP contribution in [-0.4, -0.2) is 35.6 Å². The van der Waals surface area contributed by atoms with Crippen molar-refractivity contribution in [1.29, 1.82) is 0 Å². The molecular weight excluding hydrogens is 575 g/mol. The number of carbonyl (C=O) groups excluding carboxylic acids is 2. The molecule has 4 rings (SSSR count). The molecule has 1 amide bonds. The summed E-state index contributed by atoms with van der Waals surface area (Å²) in [6.07, 6.45) is 1.85. The second-order valence-electron chi connectivity index (χ2n) is 7.62. The zero-order chi connectivity index (χ0) is 24.8. The van der Waals surface area contributed by atoms with Crippen LogP contribution in [0.2, 0.25) is 0 Å². The highest BCUT2D eigenvalue weighted by atomic mass is 127. The van der Waals surface area contributed by atoms with Crippen molar-refractivity contribution in [3.8, 4) is 5.75 Å². The fourth-order valence-corrected chi connectivity index (χ4v) is 4.55. The molecular formula is C27H23IN2O4S. The number of amides is 1. The van der Waals surface area contributed by atoms with E-state index in [4.69, 9.17) is 9.47 Å². The molecule has 1 saturated heterocycles. The first kappa shape index (κ1) is 25.0. The molecule has 178 valence electrons. The number of rotatable bonds is 7. The van der Waals surface area contributed by atoms with E-state index in [1.165, 1.54) is 20.2 Å². The lowest BCUT2D eigenvalue weighted by atomic mass is 10.2. The molecule has 0 aliphatic carbocycles. The van der Waals surface area contributed by atoms with Crippen molar-refractivity contribution in [2.45, 2.75) is 13.5 Å². The van der Waals surface area contributed by atoms with E-state index < -0.39 is 0 Å². The molecule has 0 radical (unpaired) electrons. The van der Waals surface area contributed by atoms with Crippen LogP contribution in [0, 0.1) is 3.57 Å². The molecule has 1 heterocycles. The number of amidine groups is 1. The maximum Gasteiger partial charge on any atom is 0.338 e. The lowest BCUT2D eigenvalue weighted by Crippen LogP contribution is -2.23. The van der Waals surface area contributed by atoms with Gasteiger partial charge in [-0.05, 0) is 107 Å². The van der Waals surface area contributed by atoms with Gasteiger partial charge in [-0.3, -0.25) is 9.69 Å². The third-order valence-corrected chi connectivity index (χ3v) is 6.88. The van der Waals surface area contributed by atoms with Crippen LogP contribution in [0.3, 0.4) is 0 Å². The van der Waals surface area contributed by atoms with E-state index in [0.717, 1.165) is 16.9 Å². The SMILES string of the molecule is CCOC(=O)c1ccc(N=C2SC(=Cc3ccc(OCc4ccc(I)cc4)cc3)C(=O)N2C)cc1. The summed E-state index contributed by atoms with van der Waals surface area (Å²) in [5.41, 5.74) is 3.12. The Morgan fingerprint density at radius 1 is 1.03 bits per heavy atom. The molecule has 8 heteroatoms. The maximum absolute atomic E-state index is 12.7. The number of halogens is 1. The van der Waals surface area contributed by atoms with Crippen LogP contribution in [0.1, 0.15) is 28.4 Å². The molecule has 3 aromatic rings. The van der Waals surface area contributed by atoms with Crippen molar-refractivity contribution in [2.24, 2.45) is 4.99 Å². The van der Waals surface area contributed by atoms with E-state index in [-0.39, 0.29) is 11.9 Å². The average Bonchev–Trinajstić information content (AvgIpc) is 3.12. The third kappa shape index (κ3) is 6.52. The van der Waals surface area contributed by atoms with Crippen molar-refractivity contribution >= 4 is 63.2 Å². The molecule has 3 aromatic carbocycles. The van der Waals surface area contributed by atoms with Crippen molar-refractivity contribution in [3.63, 3.8) is 0 Å². The summed E-state index contributed by atoms with van der Waals surface area (Å²) in [5.74, 6) is 0.281. The fourth-order valence-electron chi connectivity index (χ4n) is 3.21. The van der Waals surface area contributed by atoms with E-state index in [1.807, 2.05) is 42.5 Å². The van der Waals surface area contributed by atoms with Gasteiger partial charge in [0.25, 0.3) is 5.91 Å². The number of esters is 1. The Hall–Kier alpha value is -3.11. The topological polar surface area (TPSA) is 68.2 Å². The summed E-state index contributed by atoms with van der Waals surface area (Å²) in [5, 5.41) is 0.572. The quantitative estimate of drug-likeness (QED) is 0.182. The van der Waals surface area contributed by atoms with Gasteiger partial charge in [0.2, 0.25) is 0 Å². The number of benzene rings is 3. The van der Waals surface area contributed by atoms with Crippen molar-refractivity contribution in [1.82, 2.24) is 4.90 Å². The normalized spacial score (nSPS) is 15.6. The molecule has 1 fully saturated rings. The van der Waals surface area contributed by atoms with Crippen LogP contribution >= 0.6 is 34.4 Å². The smallest absolute Gasteiger partial charge is 0.338 e. The second-order valence-corrected chi connectivity index (χ2v) is 9.88. The van der Waals surface area contributed by atoms with Gasteiger partial charge >= 0.3 is 5.97 Å². The maximum atomic E-state index is 12.7. The number of thioether (sulfide) groups is 1. The van der Waals surface area contributed by atoms with Crippen LogP contribution in [0.5, 0.6) is 5.75 Å². The lowest BCUT2D eigenvalue weighted by Gasteiger charge is -2.07. The number of carbonyl (C=O) groups is 2. The molecule has 0 N–H and O–H groups in total. The highest BCUT2D eigenvalue weighted by Crippen LogP contribution is 2.33. The van der Waals surface area contributed by atoms with Crippen LogP contribution in [0.4, 0.5) is 5.69 Å². The molecule has 0 aromatic heterocycles. The van der Waals surface area contributed by atoms with Gasteiger partial charge in [-0.25, -0.2) is 9.79 Å². The minimum Gasteiger partial charge on any atom is -0.489 e. The van der Waals surface area contributed by atoms with Gasteiger partial charge in [0, 0.05) is 10.6 Å². The van der Waals surface area contributed by atoms with Crippen LogP contribution < -0.4 is 4.74 Å². The Balaban J connectivity index is 1.41. The molecule has 0 bridgehead atoms. The average molecular weight is 598 g/mol. The van der Waals surface area contributed by atoms with E-state index in [0.29, 0.717) is 34.5 Å². The van der Waals surface area contributed by atoms with E-state index in [1.54, 1.807) is 38.2 Å². The number of likely N-dealkylation sites (N-methyl/N-ethyl adjacent to an activating group) is 1. The summed E-state index contributed by atoms with van der Waals surface area (Å²) in [6, 6.07) is 22.6. The first-order chi connectivity index (χ1) is 16.9. The largest absolute Gasteiger partial charge is 0.489 e. The van der Waals surface area contributed by atoms with Crippen LogP contribution in [0.25, 0.3) is 6.08 Å². The van der Waals surface area contributed by atoms with Crippen molar-refractivity contribution in [3.05, 3.63) is 98.0 Å². The zero-order valence-corrected chi connectivity index (χ0v) is 22.2. The van der Waals surface area contributed by atoms with Gasteiger partial charge in [-0.15, -0.1) is 0 Å². The van der Waals surface area contributed by atoms with Gasteiger partial charge in [-0.2, -0.15) is 0 Å². The molecule has 1 aliphatic heterocycles. The molecule has 35 heavy (non-hydrogen) atoms. The summed E-state index contributed by atoms with van der Waals surface area (Å²) >= 11 is 3.59. The molecule has 6 nitrogen and oxygen atoms in total. The summed E-state index contributed by atoms with van der Waals surface area (Å²) in [7, 11) is 1.70. The summed E-state index contributed by atoms with van der Waals surface area (Å²) in [4.78, 5) is 31.2. The zero-order valence-electron chi connectivity index (χ0n) is 19.2. The number of ether oxygens (including phenoxy) is 2.